The zero-order valence-electron chi connectivity index (χ0n) is 18.5. The van der Waals surface area contributed by atoms with Gasteiger partial charge in [-0.3, -0.25) is 9.59 Å². The highest BCUT2D eigenvalue weighted by atomic mass is 19.2. The summed E-state index contributed by atoms with van der Waals surface area (Å²) in [6.45, 7) is 6.84. The molecule has 7 nitrogen and oxygen atoms in total. The zero-order valence-corrected chi connectivity index (χ0v) is 18.5. The predicted octanol–water partition coefficient (Wildman–Crippen LogP) is 3.17. The second-order valence-electron chi connectivity index (χ2n) is 9.47. The molecule has 32 heavy (non-hydrogen) atoms. The molecule has 1 aromatic heterocycles. The monoisotopic (exact) mass is 446 g/mol. The van der Waals surface area contributed by atoms with E-state index in [1.807, 2.05) is 25.3 Å². The van der Waals surface area contributed by atoms with Crippen molar-refractivity contribution in [1.29, 1.82) is 0 Å². The Morgan fingerprint density at radius 1 is 1.22 bits per heavy atom. The van der Waals surface area contributed by atoms with E-state index >= 15 is 0 Å². The van der Waals surface area contributed by atoms with E-state index in [9.17, 15) is 18.4 Å². The molecule has 1 aliphatic carbocycles. The lowest BCUT2D eigenvalue weighted by Crippen LogP contribution is -2.54. The number of amides is 2. The second kappa shape index (κ2) is 8.61. The number of benzene rings is 1. The second-order valence-corrected chi connectivity index (χ2v) is 9.47. The summed E-state index contributed by atoms with van der Waals surface area (Å²) in [6, 6.07) is 2.95. The van der Waals surface area contributed by atoms with Crippen LogP contribution in [0.25, 0.3) is 11.4 Å². The minimum Gasteiger partial charge on any atom is -0.375 e. The Bertz CT molecular complexity index is 1040. The molecular weight excluding hydrogens is 418 g/mol. The highest BCUT2D eigenvalue weighted by molar-refractivity contribution is 5.98. The number of imidazole rings is 1. The van der Waals surface area contributed by atoms with Gasteiger partial charge in [0.15, 0.2) is 17.3 Å². The average molecular weight is 446 g/mol. The van der Waals surface area contributed by atoms with Gasteiger partial charge in [-0.2, -0.15) is 0 Å². The van der Waals surface area contributed by atoms with Crippen LogP contribution in [0.1, 0.15) is 56.2 Å². The smallest absolute Gasteiger partial charge is 0.272 e. The van der Waals surface area contributed by atoms with Crippen molar-refractivity contribution in [2.75, 3.05) is 6.61 Å². The molecule has 172 valence electrons. The molecular formula is C23H28F2N4O3. The fourth-order valence-corrected chi connectivity index (χ4v) is 3.79. The van der Waals surface area contributed by atoms with Crippen LogP contribution in [0.15, 0.2) is 18.2 Å². The van der Waals surface area contributed by atoms with Crippen LogP contribution < -0.4 is 10.6 Å². The first-order valence-corrected chi connectivity index (χ1v) is 10.9. The molecule has 2 aliphatic rings. The van der Waals surface area contributed by atoms with E-state index in [-0.39, 0.29) is 24.2 Å². The van der Waals surface area contributed by atoms with Crippen molar-refractivity contribution in [1.82, 2.24) is 20.2 Å². The number of hydrogen-bond acceptors (Lipinski definition) is 4. The maximum Gasteiger partial charge on any atom is 0.272 e. The van der Waals surface area contributed by atoms with Gasteiger partial charge in [-0.25, -0.2) is 13.8 Å². The number of halogens is 2. The average Bonchev–Trinajstić information content (AvgIpc) is 3.51. The SMILES string of the molecule is CC(C)(C)[C@H](NC(=O)c1nc(-c2ccc(F)c(F)c2)n2c1COCCC2)C(=O)NC1CC1. The summed E-state index contributed by atoms with van der Waals surface area (Å²) in [5, 5.41) is 5.80. The third-order valence-electron chi connectivity index (χ3n) is 5.70. The van der Waals surface area contributed by atoms with Crippen molar-refractivity contribution in [2.45, 2.75) is 65.3 Å². The summed E-state index contributed by atoms with van der Waals surface area (Å²) in [6.07, 6.45) is 2.58. The van der Waals surface area contributed by atoms with Gasteiger partial charge >= 0.3 is 0 Å². The minimum atomic E-state index is -0.986. The molecule has 0 spiro atoms. The molecule has 1 fully saturated rings. The van der Waals surface area contributed by atoms with Crippen LogP contribution in [0.5, 0.6) is 0 Å². The Morgan fingerprint density at radius 2 is 1.97 bits per heavy atom. The van der Waals surface area contributed by atoms with E-state index in [1.165, 1.54) is 6.07 Å². The van der Waals surface area contributed by atoms with Gasteiger partial charge in [0.25, 0.3) is 5.91 Å². The lowest BCUT2D eigenvalue weighted by atomic mass is 9.86. The number of rotatable bonds is 5. The Hall–Kier alpha value is -2.81. The molecule has 4 rings (SSSR count). The third kappa shape index (κ3) is 4.67. The number of hydrogen-bond donors (Lipinski definition) is 2. The number of aromatic nitrogens is 2. The maximum absolute atomic E-state index is 13.9. The molecule has 2 heterocycles. The third-order valence-corrected chi connectivity index (χ3v) is 5.70. The van der Waals surface area contributed by atoms with Gasteiger partial charge < -0.3 is 19.9 Å². The molecule has 0 bridgehead atoms. The maximum atomic E-state index is 13.9. The Morgan fingerprint density at radius 3 is 2.62 bits per heavy atom. The van der Waals surface area contributed by atoms with Crippen molar-refractivity contribution < 1.29 is 23.1 Å². The fourth-order valence-electron chi connectivity index (χ4n) is 3.79. The molecule has 2 amide bonds. The summed E-state index contributed by atoms with van der Waals surface area (Å²) in [7, 11) is 0. The number of ether oxygens (including phenoxy) is 1. The molecule has 1 aliphatic heterocycles. The van der Waals surface area contributed by atoms with Gasteiger partial charge in [0.2, 0.25) is 5.91 Å². The molecule has 0 saturated heterocycles. The molecule has 1 aromatic carbocycles. The summed E-state index contributed by atoms with van der Waals surface area (Å²) in [4.78, 5) is 30.6. The highest BCUT2D eigenvalue weighted by Crippen LogP contribution is 2.28. The Labute approximate surface area is 185 Å². The molecule has 1 saturated carbocycles. The van der Waals surface area contributed by atoms with Crippen LogP contribution in [0.3, 0.4) is 0 Å². The van der Waals surface area contributed by atoms with E-state index in [4.69, 9.17) is 4.74 Å². The van der Waals surface area contributed by atoms with Gasteiger partial charge in [-0.15, -0.1) is 0 Å². The number of carbonyl (C=O) groups is 2. The van der Waals surface area contributed by atoms with Crippen LogP contribution in [0, 0.1) is 17.0 Å². The van der Waals surface area contributed by atoms with E-state index in [2.05, 4.69) is 15.6 Å². The number of carbonyl (C=O) groups excluding carboxylic acids is 2. The summed E-state index contributed by atoms with van der Waals surface area (Å²) in [5.41, 5.74) is 0.519. The summed E-state index contributed by atoms with van der Waals surface area (Å²) in [5.74, 6) is -2.30. The number of nitrogens with one attached hydrogen (secondary N) is 2. The van der Waals surface area contributed by atoms with E-state index in [1.54, 1.807) is 0 Å². The highest BCUT2D eigenvalue weighted by Gasteiger charge is 2.37. The van der Waals surface area contributed by atoms with Gasteiger partial charge in [0, 0.05) is 24.8 Å². The molecule has 0 radical (unpaired) electrons. The van der Waals surface area contributed by atoms with E-state index < -0.39 is 29.0 Å². The fraction of sp³-hybridized carbons (Fsp3) is 0.522. The minimum absolute atomic E-state index is 0.125. The predicted molar refractivity (Wildman–Crippen MR) is 114 cm³/mol. The van der Waals surface area contributed by atoms with Gasteiger partial charge in [-0.1, -0.05) is 20.8 Å². The summed E-state index contributed by atoms with van der Waals surface area (Å²) >= 11 is 0. The Balaban J connectivity index is 1.68. The van der Waals surface area contributed by atoms with Crippen LogP contribution in [-0.2, 0) is 22.7 Å². The van der Waals surface area contributed by atoms with Crippen LogP contribution in [0.4, 0.5) is 8.78 Å². The molecule has 2 aromatic rings. The van der Waals surface area contributed by atoms with Crippen molar-refractivity contribution in [3.05, 3.63) is 41.2 Å². The van der Waals surface area contributed by atoms with Crippen LogP contribution >= 0.6 is 0 Å². The number of fused-ring (bicyclic) bond motifs is 1. The lowest BCUT2D eigenvalue weighted by molar-refractivity contribution is -0.125. The molecule has 2 N–H and O–H groups in total. The lowest BCUT2D eigenvalue weighted by Gasteiger charge is -2.30. The van der Waals surface area contributed by atoms with Gasteiger partial charge in [0.1, 0.15) is 11.9 Å². The largest absolute Gasteiger partial charge is 0.375 e. The van der Waals surface area contributed by atoms with Crippen LogP contribution in [-0.4, -0.2) is 40.1 Å². The first kappa shape index (κ1) is 22.4. The quantitative estimate of drug-likeness (QED) is 0.739. The van der Waals surface area contributed by atoms with E-state index in [0.29, 0.717) is 36.7 Å². The first-order chi connectivity index (χ1) is 15.1. The first-order valence-electron chi connectivity index (χ1n) is 10.9. The topological polar surface area (TPSA) is 85.2 Å². The van der Waals surface area contributed by atoms with Crippen molar-refractivity contribution in [3.8, 4) is 11.4 Å². The summed E-state index contributed by atoms with van der Waals surface area (Å²) < 4.78 is 34.8. The van der Waals surface area contributed by atoms with Crippen molar-refractivity contribution in [3.63, 3.8) is 0 Å². The number of nitrogens with zero attached hydrogens (tertiary/aromatic N) is 2. The van der Waals surface area contributed by atoms with Crippen molar-refractivity contribution >= 4 is 11.8 Å². The molecule has 0 unspecified atom stereocenters. The zero-order chi connectivity index (χ0) is 23.0. The van der Waals surface area contributed by atoms with Crippen molar-refractivity contribution in [2.24, 2.45) is 5.41 Å². The molecule has 9 heteroatoms. The molecule has 1 atom stereocenters. The van der Waals surface area contributed by atoms with E-state index in [0.717, 1.165) is 25.0 Å². The van der Waals surface area contributed by atoms with Gasteiger partial charge in [-0.05, 0) is 42.9 Å². The standard InChI is InChI=1S/C23H28F2N4O3/c1-23(2,3)19(22(31)26-14-6-7-14)28-21(30)18-17-12-32-10-4-9-29(17)20(27-18)13-5-8-15(24)16(25)11-13/h5,8,11,14,19H,4,6-7,9-10,12H2,1-3H3,(H,26,31)(H,28,30)/t19-/m1/s1. The normalized spacial score (nSPS) is 17.3. The van der Waals surface area contributed by atoms with Crippen LogP contribution in [0.2, 0.25) is 0 Å². The Kier molecular flexibility index (Phi) is 6.03. The van der Waals surface area contributed by atoms with Gasteiger partial charge in [0.05, 0.1) is 12.3 Å².